The molecule has 1 aromatic heterocycles. The summed E-state index contributed by atoms with van der Waals surface area (Å²) in [5.41, 5.74) is -0.0500. The van der Waals surface area contributed by atoms with E-state index in [-0.39, 0.29) is 0 Å². The van der Waals surface area contributed by atoms with Gasteiger partial charge in [-0.2, -0.15) is 5.10 Å². The van der Waals surface area contributed by atoms with Crippen molar-refractivity contribution in [1.29, 1.82) is 0 Å². The van der Waals surface area contributed by atoms with Crippen LogP contribution < -0.4 is 4.74 Å². The predicted molar refractivity (Wildman–Crippen MR) is 85.1 cm³/mol. The standard InChI is InChI=1S/C15H23N3O2Si/c1-20-14-7-5-13(6-8-14)15(19,10-21(2,3)4)9-18-12-16-11-17-18/h5-8,11-12,19H,9-10H2,1-4H3. The maximum absolute atomic E-state index is 11.3. The van der Waals surface area contributed by atoms with Gasteiger partial charge in [0, 0.05) is 8.07 Å². The number of nitrogens with zero attached hydrogens (tertiary/aromatic N) is 3. The number of hydrogen-bond donors (Lipinski definition) is 1. The van der Waals surface area contributed by atoms with Crippen LogP contribution in [0.4, 0.5) is 0 Å². The summed E-state index contributed by atoms with van der Waals surface area (Å²) in [5, 5.41) is 15.4. The minimum Gasteiger partial charge on any atom is -0.497 e. The zero-order valence-corrected chi connectivity index (χ0v) is 14.1. The summed E-state index contributed by atoms with van der Waals surface area (Å²) >= 11 is 0. The monoisotopic (exact) mass is 305 g/mol. The number of aromatic nitrogens is 3. The van der Waals surface area contributed by atoms with E-state index in [0.29, 0.717) is 6.54 Å². The molecule has 0 aliphatic carbocycles. The fraction of sp³-hybridized carbons (Fsp3) is 0.467. The van der Waals surface area contributed by atoms with Crippen LogP contribution in [0, 0.1) is 0 Å². The van der Waals surface area contributed by atoms with E-state index in [9.17, 15) is 5.11 Å². The lowest BCUT2D eigenvalue weighted by Gasteiger charge is -2.34. The number of hydrogen-bond acceptors (Lipinski definition) is 4. The molecular formula is C15H23N3O2Si. The van der Waals surface area contributed by atoms with Crippen LogP contribution in [0.25, 0.3) is 0 Å². The van der Waals surface area contributed by atoms with E-state index in [4.69, 9.17) is 4.74 Å². The van der Waals surface area contributed by atoms with Gasteiger partial charge in [0.1, 0.15) is 24.0 Å². The molecule has 0 radical (unpaired) electrons. The Morgan fingerprint density at radius 1 is 1.24 bits per heavy atom. The Kier molecular flexibility index (Phi) is 4.48. The van der Waals surface area contributed by atoms with Gasteiger partial charge in [-0.1, -0.05) is 31.8 Å². The van der Waals surface area contributed by atoms with Crippen molar-refractivity contribution in [2.75, 3.05) is 7.11 Å². The third-order valence-electron chi connectivity index (χ3n) is 3.34. The molecular weight excluding hydrogens is 282 g/mol. The van der Waals surface area contributed by atoms with Gasteiger partial charge < -0.3 is 9.84 Å². The summed E-state index contributed by atoms with van der Waals surface area (Å²) in [7, 11) is 0.164. The number of ether oxygens (including phenoxy) is 1. The number of aliphatic hydroxyl groups is 1. The first kappa shape index (κ1) is 15.7. The van der Waals surface area contributed by atoms with Crippen molar-refractivity contribution in [3.63, 3.8) is 0 Å². The summed E-state index contributed by atoms with van der Waals surface area (Å²) in [4.78, 5) is 3.96. The Bertz CT molecular complexity index is 564. The van der Waals surface area contributed by atoms with Crippen LogP contribution >= 0.6 is 0 Å². The van der Waals surface area contributed by atoms with Crippen molar-refractivity contribution in [3.8, 4) is 5.75 Å². The number of methoxy groups -OCH3 is 1. The van der Waals surface area contributed by atoms with Gasteiger partial charge in [0.15, 0.2) is 0 Å². The Balaban J connectivity index is 2.33. The van der Waals surface area contributed by atoms with Gasteiger partial charge in [0.25, 0.3) is 0 Å². The zero-order valence-electron chi connectivity index (χ0n) is 13.1. The second-order valence-electron chi connectivity index (χ2n) is 6.59. The third kappa shape index (κ3) is 4.15. The molecule has 5 nitrogen and oxygen atoms in total. The van der Waals surface area contributed by atoms with Crippen molar-refractivity contribution in [3.05, 3.63) is 42.5 Å². The normalized spacial score (nSPS) is 14.7. The van der Waals surface area contributed by atoms with Crippen LogP contribution in [0.1, 0.15) is 5.56 Å². The molecule has 0 amide bonds. The summed E-state index contributed by atoms with van der Waals surface area (Å²) in [6.07, 6.45) is 3.13. The van der Waals surface area contributed by atoms with Crippen molar-refractivity contribution in [1.82, 2.24) is 14.8 Å². The lowest BCUT2D eigenvalue weighted by molar-refractivity contribution is 0.0331. The molecule has 114 valence electrons. The van der Waals surface area contributed by atoms with E-state index in [1.807, 2.05) is 24.3 Å². The van der Waals surface area contributed by atoms with Gasteiger partial charge in [-0.05, 0) is 23.7 Å². The van der Waals surface area contributed by atoms with Gasteiger partial charge >= 0.3 is 0 Å². The van der Waals surface area contributed by atoms with E-state index >= 15 is 0 Å². The smallest absolute Gasteiger partial charge is 0.137 e. The highest BCUT2D eigenvalue weighted by Gasteiger charge is 2.35. The minimum atomic E-state index is -1.47. The molecule has 1 N–H and O–H groups in total. The molecule has 2 aromatic rings. The topological polar surface area (TPSA) is 60.2 Å². The molecule has 0 saturated heterocycles. The average molecular weight is 305 g/mol. The average Bonchev–Trinajstić information content (AvgIpc) is 2.89. The van der Waals surface area contributed by atoms with Crippen LogP contribution in [-0.4, -0.2) is 35.1 Å². The fourth-order valence-electron chi connectivity index (χ4n) is 2.61. The Morgan fingerprint density at radius 3 is 2.38 bits per heavy atom. The molecule has 1 heterocycles. The van der Waals surface area contributed by atoms with Crippen LogP contribution in [0.3, 0.4) is 0 Å². The predicted octanol–water partition coefficient (Wildman–Crippen LogP) is 2.51. The first-order valence-corrected chi connectivity index (χ1v) is 10.7. The zero-order chi connectivity index (χ0) is 15.5. The second kappa shape index (κ2) is 5.99. The van der Waals surface area contributed by atoms with Crippen LogP contribution in [0.5, 0.6) is 5.75 Å². The molecule has 2 rings (SSSR count). The summed E-state index contributed by atoms with van der Waals surface area (Å²) in [6, 6.07) is 8.37. The van der Waals surface area contributed by atoms with E-state index in [1.165, 1.54) is 6.33 Å². The van der Waals surface area contributed by atoms with Crippen molar-refractivity contribution >= 4 is 8.07 Å². The van der Waals surface area contributed by atoms with E-state index in [2.05, 4.69) is 29.7 Å². The Morgan fingerprint density at radius 2 is 1.90 bits per heavy atom. The van der Waals surface area contributed by atoms with Gasteiger partial charge in [0.2, 0.25) is 0 Å². The lowest BCUT2D eigenvalue weighted by Crippen LogP contribution is -2.39. The van der Waals surface area contributed by atoms with Gasteiger partial charge in [-0.25, -0.2) is 9.67 Å². The van der Waals surface area contributed by atoms with Crippen LogP contribution in [0.2, 0.25) is 25.7 Å². The van der Waals surface area contributed by atoms with Crippen LogP contribution in [0.15, 0.2) is 36.9 Å². The quantitative estimate of drug-likeness (QED) is 0.833. The van der Waals surface area contributed by atoms with Crippen molar-refractivity contribution in [2.24, 2.45) is 0 Å². The van der Waals surface area contributed by atoms with Crippen molar-refractivity contribution < 1.29 is 9.84 Å². The maximum Gasteiger partial charge on any atom is 0.137 e. The number of benzene rings is 1. The van der Waals surface area contributed by atoms with Crippen molar-refractivity contribution in [2.45, 2.75) is 37.8 Å². The first-order valence-electron chi connectivity index (χ1n) is 7.02. The summed E-state index contributed by atoms with van der Waals surface area (Å²) < 4.78 is 6.87. The van der Waals surface area contributed by atoms with Gasteiger partial charge in [-0.15, -0.1) is 0 Å². The second-order valence-corrected chi connectivity index (χ2v) is 12.1. The highest BCUT2D eigenvalue weighted by Crippen LogP contribution is 2.33. The highest BCUT2D eigenvalue weighted by molar-refractivity contribution is 6.76. The molecule has 21 heavy (non-hydrogen) atoms. The van der Waals surface area contributed by atoms with E-state index in [0.717, 1.165) is 17.4 Å². The van der Waals surface area contributed by atoms with Crippen LogP contribution in [-0.2, 0) is 12.1 Å². The van der Waals surface area contributed by atoms with E-state index in [1.54, 1.807) is 18.1 Å². The molecule has 0 bridgehead atoms. The third-order valence-corrected chi connectivity index (χ3v) is 4.99. The SMILES string of the molecule is COc1ccc(C(O)(Cn2cncn2)C[Si](C)(C)C)cc1. The highest BCUT2D eigenvalue weighted by atomic mass is 28.3. The van der Waals surface area contributed by atoms with Gasteiger partial charge in [-0.3, -0.25) is 0 Å². The summed E-state index contributed by atoms with van der Waals surface area (Å²) in [6.45, 7) is 7.16. The molecule has 6 heteroatoms. The molecule has 0 saturated carbocycles. The van der Waals surface area contributed by atoms with E-state index < -0.39 is 13.7 Å². The largest absolute Gasteiger partial charge is 0.497 e. The number of rotatable bonds is 6. The maximum atomic E-state index is 11.3. The molecule has 0 fully saturated rings. The Hall–Kier alpha value is -1.66. The molecule has 1 aromatic carbocycles. The fourth-order valence-corrected chi connectivity index (χ4v) is 4.68. The minimum absolute atomic E-state index is 0.406. The Labute approximate surface area is 126 Å². The van der Waals surface area contributed by atoms with Gasteiger partial charge in [0.05, 0.1) is 13.7 Å². The first-order chi connectivity index (χ1) is 9.82. The molecule has 0 aliphatic rings. The molecule has 0 spiro atoms. The lowest BCUT2D eigenvalue weighted by atomic mass is 9.95. The molecule has 0 aliphatic heterocycles. The summed E-state index contributed by atoms with van der Waals surface area (Å²) in [5.74, 6) is 0.787. The molecule has 1 unspecified atom stereocenters. The molecule has 1 atom stereocenters.